The zero-order valence-electron chi connectivity index (χ0n) is 9.64. The molecule has 0 atom stereocenters. The number of anilines is 1. The largest absolute Gasteiger partial charge is 0.508 e. The first-order chi connectivity index (χ1) is 8.06. The summed E-state index contributed by atoms with van der Waals surface area (Å²) in [5, 5.41) is 16.2. The van der Waals surface area contributed by atoms with Gasteiger partial charge in [0.15, 0.2) is 0 Å². The summed E-state index contributed by atoms with van der Waals surface area (Å²) in [6.07, 6.45) is 3.26. The second-order valence-corrected chi connectivity index (χ2v) is 3.86. The van der Waals surface area contributed by atoms with Crippen LogP contribution in [-0.2, 0) is 7.05 Å². The minimum atomic E-state index is -0.270. The first kappa shape index (κ1) is 11.2. The Labute approximate surface area is 98.7 Å². The number of rotatable bonds is 2. The summed E-state index contributed by atoms with van der Waals surface area (Å²) in [6, 6.07) is 4.81. The van der Waals surface area contributed by atoms with Crippen molar-refractivity contribution in [3.8, 4) is 5.75 Å². The van der Waals surface area contributed by atoms with Gasteiger partial charge in [-0.1, -0.05) is 6.07 Å². The predicted molar refractivity (Wildman–Crippen MR) is 64.0 cm³/mol. The van der Waals surface area contributed by atoms with Gasteiger partial charge in [-0.25, -0.2) is 0 Å². The maximum absolute atomic E-state index is 11.8. The maximum Gasteiger partial charge on any atom is 0.255 e. The monoisotopic (exact) mass is 231 g/mol. The molecule has 88 valence electrons. The Balaban J connectivity index is 2.17. The molecule has 17 heavy (non-hydrogen) atoms. The number of aromatic hydroxyl groups is 1. The van der Waals surface area contributed by atoms with Gasteiger partial charge in [0.05, 0.1) is 11.9 Å². The molecule has 2 N–H and O–H groups in total. The van der Waals surface area contributed by atoms with Crippen LogP contribution in [0.25, 0.3) is 0 Å². The zero-order chi connectivity index (χ0) is 12.4. The fraction of sp³-hybridized carbons (Fsp3) is 0.167. The number of amides is 1. The lowest BCUT2D eigenvalue weighted by molar-refractivity contribution is 0.102. The van der Waals surface area contributed by atoms with Crippen molar-refractivity contribution < 1.29 is 9.90 Å². The molecule has 0 unspecified atom stereocenters. The molecule has 0 aliphatic heterocycles. The van der Waals surface area contributed by atoms with Crippen molar-refractivity contribution >= 4 is 11.6 Å². The Morgan fingerprint density at radius 1 is 1.47 bits per heavy atom. The fourth-order valence-electron chi connectivity index (χ4n) is 1.44. The summed E-state index contributed by atoms with van der Waals surface area (Å²) in [7, 11) is 1.77. The van der Waals surface area contributed by atoms with Crippen molar-refractivity contribution in [2.45, 2.75) is 6.92 Å². The molecule has 1 amide bonds. The van der Waals surface area contributed by atoms with Crippen LogP contribution in [0.4, 0.5) is 5.69 Å². The predicted octanol–water partition coefficient (Wildman–Crippen LogP) is 1.69. The number of benzene rings is 1. The highest BCUT2D eigenvalue weighted by molar-refractivity contribution is 6.04. The summed E-state index contributed by atoms with van der Waals surface area (Å²) >= 11 is 0. The van der Waals surface area contributed by atoms with Gasteiger partial charge in [0.2, 0.25) is 0 Å². The van der Waals surface area contributed by atoms with Gasteiger partial charge in [0.1, 0.15) is 5.75 Å². The summed E-state index contributed by atoms with van der Waals surface area (Å²) in [5.41, 5.74) is 1.78. The highest BCUT2D eigenvalue weighted by atomic mass is 16.3. The van der Waals surface area contributed by atoms with Crippen molar-refractivity contribution in [1.82, 2.24) is 9.78 Å². The van der Waals surface area contributed by atoms with Gasteiger partial charge in [-0.05, 0) is 24.6 Å². The first-order valence-electron chi connectivity index (χ1n) is 5.16. The number of nitrogens with zero attached hydrogens (tertiary/aromatic N) is 2. The van der Waals surface area contributed by atoms with Crippen LogP contribution in [0.1, 0.15) is 15.9 Å². The van der Waals surface area contributed by atoms with Crippen molar-refractivity contribution in [1.29, 1.82) is 0 Å². The number of nitrogens with one attached hydrogen (secondary N) is 1. The molecule has 0 aliphatic rings. The molecule has 2 aromatic rings. The van der Waals surface area contributed by atoms with E-state index >= 15 is 0 Å². The van der Waals surface area contributed by atoms with Crippen LogP contribution >= 0.6 is 0 Å². The van der Waals surface area contributed by atoms with E-state index in [9.17, 15) is 9.90 Å². The Bertz CT molecular complexity index is 561. The van der Waals surface area contributed by atoms with Crippen molar-refractivity contribution in [2.24, 2.45) is 7.05 Å². The van der Waals surface area contributed by atoms with Crippen LogP contribution < -0.4 is 5.32 Å². The summed E-state index contributed by atoms with van der Waals surface area (Å²) in [4.78, 5) is 11.8. The molecule has 5 heteroatoms. The Morgan fingerprint density at radius 2 is 2.24 bits per heavy atom. The van der Waals surface area contributed by atoms with Gasteiger partial charge in [-0.3, -0.25) is 9.48 Å². The standard InChI is InChI=1S/C12H13N3O2/c1-8-3-4-9(5-11(8)16)12(17)14-10-6-13-15(2)7-10/h3-7,16H,1-2H3,(H,14,17). The molecule has 0 bridgehead atoms. The van der Waals surface area contributed by atoms with Gasteiger partial charge in [0.25, 0.3) is 5.91 Å². The van der Waals surface area contributed by atoms with Crippen LogP contribution in [0, 0.1) is 6.92 Å². The number of aromatic nitrogens is 2. The van der Waals surface area contributed by atoms with E-state index in [0.717, 1.165) is 5.56 Å². The quantitative estimate of drug-likeness (QED) is 0.826. The average molecular weight is 231 g/mol. The lowest BCUT2D eigenvalue weighted by Gasteiger charge is -2.04. The Hall–Kier alpha value is -2.30. The van der Waals surface area contributed by atoms with Gasteiger partial charge in [-0.15, -0.1) is 0 Å². The molecule has 0 spiro atoms. The van der Waals surface area contributed by atoms with Crippen LogP contribution in [0.2, 0.25) is 0 Å². The van der Waals surface area contributed by atoms with E-state index < -0.39 is 0 Å². The number of aryl methyl sites for hydroxylation is 2. The molecule has 0 aliphatic carbocycles. The van der Waals surface area contributed by atoms with Crippen LogP contribution in [-0.4, -0.2) is 20.8 Å². The van der Waals surface area contributed by atoms with Crippen molar-refractivity contribution in [2.75, 3.05) is 5.32 Å². The lowest BCUT2D eigenvalue weighted by atomic mass is 10.1. The van der Waals surface area contributed by atoms with E-state index in [0.29, 0.717) is 11.3 Å². The van der Waals surface area contributed by atoms with Crippen LogP contribution in [0.15, 0.2) is 30.6 Å². The smallest absolute Gasteiger partial charge is 0.255 e. The Kier molecular flexibility index (Phi) is 2.82. The fourth-order valence-corrected chi connectivity index (χ4v) is 1.44. The molecule has 0 fully saturated rings. The van der Waals surface area contributed by atoms with E-state index in [1.54, 1.807) is 43.2 Å². The van der Waals surface area contributed by atoms with Gasteiger partial charge < -0.3 is 10.4 Å². The van der Waals surface area contributed by atoms with E-state index in [4.69, 9.17) is 0 Å². The average Bonchev–Trinajstić information content (AvgIpc) is 2.68. The van der Waals surface area contributed by atoms with Crippen LogP contribution in [0.3, 0.4) is 0 Å². The molecule has 0 saturated carbocycles. The van der Waals surface area contributed by atoms with E-state index in [-0.39, 0.29) is 11.7 Å². The first-order valence-corrected chi connectivity index (χ1v) is 5.16. The van der Waals surface area contributed by atoms with E-state index in [1.165, 1.54) is 6.07 Å². The van der Waals surface area contributed by atoms with Crippen LogP contribution in [0.5, 0.6) is 5.75 Å². The number of carbonyl (C=O) groups is 1. The third kappa shape index (κ3) is 2.44. The van der Waals surface area contributed by atoms with E-state index in [1.807, 2.05) is 0 Å². The molecule has 2 rings (SSSR count). The number of hydrogen-bond acceptors (Lipinski definition) is 3. The summed E-state index contributed by atoms with van der Waals surface area (Å²) in [5.74, 6) is -0.155. The molecule has 0 radical (unpaired) electrons. The normalized spacial score (nSPS) is 10.2. The van der Waals surface area contributed by atoms with Gasteiger partial charge in [-0.2, -0.15) is 5.10 Å². The SMILES string of the molecule is Cc1ccc(C(=O)Nc2cnn(C)c2)cc1O. The van der Waals surface area contributed by atoms with Gasteiger partial charge >= 0.3 is 0 Å². The second kappa shape index (κ2) is 4.29. The molecule has 1 aromatic heterocycles. The summed E-state index contributed by atoms with van der Waals surface area (Å²) in [6.45, 7) is 1.78. The third-order valence-electron chi connectivity index (χ3n) is 2.43. The minimum absolute atomic E-state index is 0.115. The lowest BCUT2D eigenvalue weighted by Crippen LogP contribution is -2.11. The molecular weight excluding hydrogens is 218 g/mol. The number of phenols is 1. The molecule has 1 heterocycles. The summed E-state index contributed by atoms with van der Waals surface area (Å²) < 4.78 is 1.60. The topological polar surface area (TPSA) is 67.2 Å². The highest BCUT2D eigenvalue weighted by Gasteiger charge is 2.08. The van der Waals surface area contributed by atoms with Gasteiger partial charge in [0, 0.05) is 18.8 Å². The van der Waals surface area contributed by atoms with Crippen molar-refractivity contribution in [3.63, 3.8) is 0 Å². The molecule has 1 aromatic carbocycles. The molecule has 5 nitrogen and oxygen atoms in total. The number of phenolic OH excluding ortho intramolecular Hbond substituents is 1. The molecule has 0 saturated heterocycles. The highest BCUT2D eigenvalue weighted by Crippen LogP contribution is 2.18. The van der Waals surface area contributed by atoms with E-state index in [2.05, 4.69) is 10.4 Å². The molecular formula is C12H13N3O2. The zero-order valence-corrected chi connectivity index (χ0v) is 9.64. The number of carbonyl (C=O) groups excluding carboxylic acids is 1. The maximum atomic E-state index is 11.8. The third-order valence-corrected chi connectivity index (χ3v) is 2.43. The minimum Gasteiger partial charge on any atom is -0.508 e. The van der Waals surface area contributed by atoms with Crippen molar-refractivity contribution in [3.05, 3.63) is 41.7 Å². The number of hydrogen-bond donors (Lipinski definition) is 2. The Morgan fingerprint density at radius 3 is 2.82 bits per heavy atom. The second-order valence-electron chi connectivity index (χ2n) is 3.86.